The van der Waals surface area contributed by atoms with Crippen molar-refractivity contribution in [2.24, 2.45) is 4.99 Å². The summed E-state index contributed by atoms with van der Waals surface area (Å²) in [6.45, 7) is 5.31. The van der Waals surface area contributed by atoms with E-state index in [0.29, 0.717) is 6.54 Å². The molecule has 0 radical (unpaired) electrons. The molecule has 130 valence electrons. The van der Waals surface area contributed by atoms with Crippen molar-refractivity contribution >= 4 is 17.3 Å². The highest BCUT2D eigenvalue weighted by Crippen LogP contribution is 2.21. The smallest absolute Gasteiger partial charge is 0.182 e. The molecule has 0 saturated carbocycles. The standard InChI is InChI=1S/C22H26N2O/c1-17-7-11-19(12-8-17)21(25)16-24(20-13-9-18(2)10-14-20)22-6-4-3-5-15-23-22/h7-14H,3-6,15-16H2,1-2H3. The monoisotopic (exact) mass is 334 g/mol. The zero-order valence-corrected chi connectivity index (χ0v) is 15.2. The number of carbonyl (C=O) groups excluding carboxylic acids is 1. The number of hydrogen-bond acceptors (Lipinski definition) is 3. The predicted molar refractivity (Wildman–Crippen MR) is 105 cm³/mol. The van der Waals surface area contributed by atoms with Crippen molar-refractivity contribution in [1.82, 2.24) is 0 Å². The number of anilines is 1. The maximum absolute atomic E-state index is 12.8. The molecule has 0 fully saturated rings. The van der Waals surface area contributed by atoms with Gasteiger partial charge >= 0.3 is 0 Å². The van der Waals surface area contributed by atoms with Crippen molar-refractivity contribution in [3.8, 4) is 0 Å². The third-order valence-electron chi connectivity index (χ3n) is 4.69. The second kappa shape index (κ2) is 8.11. The molecule has 3 nitrogen and oxygen atoms in total. The number of benzene rings is 2. The summed E-state index contributed by atoms with van der Waals surface area (Å²) in [6.07, 6.45) is 4.42. The molecular weight excluding hydrogens is 308 g/mol. The number of rotatable bonds is 4. The number of ketones is 1. The fourth-order valence-electron chi connectivity index (χ4n) is 3.11. The summed E-state index contributed by atoms with van der Waals surface area (Å²) in [5.74, 6) is 1.18. The zero-order chi connectivity index (χ0) is 17.6. The molecule has 1 aliphatic rings. The Labute approximate surface area is 150 Å². The van der Waals surface area contributed by atoms with E-state index >= 15 is 0 Å². The van der Waals surface area contributed by atoms with Gasteiger partial charge in [-0.2, -0.15) is 0 Å². The maximum Gasteiger partial charge on any atom is 0.182 e. The van der Waals surface area contributed by atoms with Gasteiger partial charge in [-0.1, -0.05) is 53.9 Å². The lowest BCUT2D eigenvalue weighted by Gasteiger charge is -2.26. The first-order chi connectivity index (χ1) is 12.1. The topological polar surface area (TPSA) is 32.7 Å². The summed E-state index contributed by atoms with van der Waals surface area (Å²) in [5.41, 5.74) is 4.19. The zero-order valence-electron chi connectivity index (χ0n) is 15.2. The molecule has 0 aromatic heterocycles. The van der Waals surface area contributed by atoms with Crippen LogP contribution in [-0.4, -0.2) is 24.7 Å². The Bertz CT molecular complexity index is 745. The third-order valence-corrected chi connectivity index (χ3v) is 4.69. The highest BCUT2D eigenvalue weighted by molar-refractivity contribution is 6.07. The van der Waals surface area contributed by atoms with Crippen molar-refractivity contribution in [2.75, 3.05) is 18.0 Å². The average Bonchev–Trinajstić information content (AvgIpc) is 2.90. The number of nitrogens with zero attached hydrogens (tertiary/aromatic N) is 2. The van der Waals surface area contributed by atoms with Crippen LogP contribution in [0.3, 0.4) is 0 Å². The Morgan fingerprint density at radius 2 is 1.56 bits per heavy atom. The van der Waals surface area contributed by atoms with Gasteiger partial charge in [-0.05, 0) is 38.8 Å². The molecule has 0 bridgehead atoms. The molecule has 1 heterocycles. The Morgan fingerprint density at radius 1 is 0.920 bits per heavy atom. The average molecular weight is 334 g/mol. The van der Waals surface area contributed by atoms with Crippen LogP contribution in [-0.2, 0) is 0 Å². The second-order valence-corrected chi connectivity index (χ2v) is 6.82. The SMILES string of the molecule is Cc1ccc(C(=O)CN(C2=NCCCCC2)c2ccc(C)cc2)cc1. The fraction of sp³-hybridized carbons (Fsp3) is 0.364. The molecule has 25 heavy (non-hydrogen) atoms. The Kier molecular flexibility index (Phi) is 5.64. The minimum Gasteiger partial charge on any atom is -0.322 e. The lowest BCUT2D eigenvalue weighted by atomic mass is 10.1. The molecule has 0 unspecified atom stereocenters. The van der Waals surface area contributed by atoms with Gasteiger partial charge in [0, 0.05) is 24.2 Å². The number of carbonyl (C=O) groups is 1. The van der Waals surface area contributed by atoms with Crippen LogP contribution < -0.4 is 4.90 Å². The van der Waals surface area contributed by atoms with Gasteiger partial charge in [0.2, 0.25) is 0 Å². The molecular formula is C22H26N2O. The van der Waals surface area contributed by atoms with Gasteiger partial charge in [-0.15, -0.1) is 0 Å². The molecule has 2 aromatic carbocycles. The normalized spacial score (nSPS) is 14.6. The van der Waals surface area contributed by atoms with Gasteiger partial charge < -0.3 is 4.90 Å². The lowest BCUT2D eigenvalue weighted by molar-refractivity contribution is 0.100. The number of hydrogen-bond donors (Lipinski definition) is 0. The fourth-order valence-corrected chi connectivity index (χ4v) is 3.11. The van der Waals surface area contributed by atoms with Crippen LogP contribution in [0.1, 0.15) is 47.2 Å². The molecule has 0 atom stereocenters. The van der Waals surface area contributed by atoms with Crippen molar-refractivity contribution < 1.29 is 4.79 Å². The van der Waals surface area contributed by atoms with Crippen LogP contribution in [0.4, 0.5) is 5.69 Å². The van der Waals surface area contributed by atoms with Crippen molar-refractivity contribution in [3.05, 3.63) is 65.2 Å². The van der Waals surface area contributed by atoms with Crippen LogP contribution in [0.15, 0.2) is 53.5 Å². The summed E-state index contributed by atoms with van der Waals surface area (Å²) in [6, 6.07) is 16.2. The minimum atomic E-state index is 0.132. The summed E-state index contributed by atoms with van der Waals surface area (Å²) in [7, 11) is 0. The first-order valence-corrected chi connectivity index (χ1v) is 9.11. The van der Waals surface area contributed by atoms with E-state index in [4.69, 9.17) is 4.99 Å². The van der Waals surface area contributed by atoms with Crippen molar-refractivity contribution in [1.29, 1.82) is 0 Å². The highest BCUT2D eigenvalue weighted by Gasteiger charge is 2.19. The van der Waals surface area contributed by atoms with Crippen LogP contribution >= 0.6 is 0 Å². The molecule has 1 aliphatic heterocycles. The Morgan fingerprint density at radius 3 is 2.24 bits per heavy atom. The molecule has 0 N–H and O–H groups in total. The summed E-state index contributed by atoms with van der Waals surface area (Å²) >= 11 is 0. The van der Waals surface area contributed by atoms with Crippen molar-refractivity contribution in [2.45, 2.75) is 39.5 Å². The summed E-state index contributed by atoms with van der Waals surface area (Å²) < 4.78 is 0. The van der Waals surface area contributed by atoms with Crippen LogP contribution in [0.25, 0.3) is 0 Å². The first kappa shape index (κ1) is 17.4. The number of aryl methyl sites for hydroxylation is 2. The molecule has 0 saturated heterocycles. The van der Waals surface area contributed by atoms with Gasteiger partial charge in [0.05, 0.1) is 6.54 Å². The van der Waals surface area contributed by atoms with E-state index < -0.39 is 0 Å². The van der Waals surface area contributed by atoms with Crippen LogP contribution in [0.5, 0.6) is 0 Å². The van der Waals surface area contributed by atoms with E-state index in [2.05, 4.69) is 36.1 Å². The van der Waals surface area contributed by atoms with E-state index in [0.717, 1.165) is 42.9 Å². The molecule has 2 aromatic rings. The quantitative estimate of drug-likeness (QED) is 0.740. The number of aliphatic imine (C=N–C) groups is 1. The van der Waals surface area contributed by atoms with Crippen LogP contribution in [0, 0.1) is 13.8 Å². The summed E-state index contributed by atoms with van der Waals surface area (Å²) in [5, 5.41) is 0. The Hall–Kier alpha value is -2.42. The largest absolute Gasteiger partial charge is 0.322 e. The Balaban J connectivity index is 1.87. The highest BCUT2D eigenvalue weighted by atomic mass is 16.1. The van der Waals surface area contributed by atoms with E-state index in [1.165, 1.54) is 17.5 Å². The van der Waals surface area contributed by atoms with E-state index in [9.17, 15) is 4.79 Å². The molecule has 3 heteroatoms. The third kappa shape index (κ3) is 4.56. The first-order valence-electron chi connectivity index (χ1n) is 9.11. The van der Waals surface area contributed by atoms with E-state index in [-0.39, 0.29) is 5.78 Å². The van der Waals surface area contributed by atoms with Gasteiger partial charge in [0.15, 0.2) is 5.78 Å². The minimum absolute atomic E-state index is 0.132. The van der Waals surface area contributed by atoms with Gasteiger partial charge in [-0.25, -0.2) is 0 Å². The molecule has 0 aliphatic carbocycles. The maximum atomic E-state index is 12.8. The molecule has 0 amide bonds. The van der Waals surface area contributed by atoms with Gasteiger partial charge in [0.25, 0.3) is 0 Å². The predicted octanol–water partition coefficient (Wildman–Crippen LogP) is 4.97. The van der Waals surface area contributed by atoms with Crippen LogP contribution in [0.2, 0.25) is 0 Å². The molecule has 0 spiro atoms. The number of amidine groups is 1. The second-order valence-electron chi connectivity index (χ2n) is 6.82. The van der Waals surface area contributed by atoms with Crippen molar-refractivity contribution in [3.63, 3.8) is 0 Å². The van der Waals surface area contributed by atoms with E-state index in [1.54, 1.807) is 0 Å². The molecule has 3 rings (SSSR count). The lowest BCUT2D eigenvalue weighted by Crippen LogP contribution is -2.36. The summed E-state index contributed by atoms with van der Waals surface area (Å²) in [4.78, 5) is 19.7. The van der Waals surface area contributed by atoms with Gasteiger partial charge in [0.1, 0.15) is 5.84 Å². The van der Waals surface area contributed by atoms with Gasteiger partial charge in [-0.3, -0.25) is 9.79 Å². The van der Waals surface area contributed by atoms with E-state index in [1.807, 2.05) is 31.2 Å². The number of Topliss-reactive ketones (excluding diaryl/α,β-unsaturated/α-hetero) is 1.